The monoisotopic (exact) mass is 327 g/mol. The van der Waals surface area contributed by atoms with Crippen LogP contribution in [0.2, 0.25) is 0 Å². The smallest absolute Gasteiger partial charge is 0.175 e. The zero-order valence-corrected chi connectivity index (χ0v) is 12.4. The maximum absolute atomic E-state index is 5.63. The van der Waals surface area contributed by atoms with Crippen molar-refractivity contribution in [3.63, 3.8) is 0 Å². The van der Waals surface area contributed by atoms with Crippen LogP contribution in [0.5, 0.6) is 11.5 Å². The third-order valence-electron chi connectivity index (χ3n) is 3.41. The lowest BCUT2D eigenvalue weighted by atomic mass is 10.1. The number of rotatable bonds is 3. The Labute approximate surface area is 121 Å². The first kappa shape index (κ1) is 13.2. The predicted molar refractivity (Wildman–Crippen MR) is 75.8 cm³/mol. The third-order valence-corrected chi connectivity index (χ3v) is 4.00. The number of halogens is 1. The van der Waals surface area contributed by atoms with Gasteiger partial charge in [-0.2, -0.15) is 0 Å². The van der Waals surface area contributed by atoms with Gasteiger partial charge in [-0.25, -0.2) is 0 Å². The van der Waals surface area contributed by atoms with Crippen LogP contribution in [0.25, 0.3) is 0 Å². The summed E-state index contributed by atoms with van der Waals surface area (Å²) < 4.78 is 17.6. The minimum absolute atomic E-state index is 0.459. The van der Waals surface area contributed by atoms with Crippen LogP contribution in [0.15, 0.2) is 16.6 Å². The second kappa shape index (κ2) is 6.11. The van der Waals surface area contributed by atoms with E-state index in [1.807, 2.05) is 0 Å². The molecule has 1 aromatic carbocycles. The molecule has 1 saturated heterocycles. The van der Waals surface area contributed by atoms with E-state index in [4.69, 9.17) is 14.2 Å². The average Bonchev–Trinajstić information content (AvgIpc) is 2.46. The molecular formula is C14H18BrNO3. The SMILES string of the molecule is Brc1cc(CNC2CCCOC2)cc2c1OCCO2. The highest BCUT2D eigenvalue weighted by molar-refractivity contribution is 9.10. The maximum Gasteiger partial charge on any atom is 0.175 e. The van der Waals surface area contributed by atoms with E-state index in [-0.39, 0.29) is 0 Å². The molecular weight excluding hydrogens is 310 g/mol. The van der Waals surface area contributed by atoms with Crippen molar-refractivity contribution in [3.05, 3.63) is 22.2 Å². The fourth-order valence-corrected chi connectivity index (χ4v) is 3.03. The number of benzene rings is 1. The van der Waals surface area contributed by atoms with Gasteiger partial charge in [0.1, 0.15) is 13.2 Å². The van der Waals surface area contributed by atoms with E-state index in [0.717, 1.165) is 42.2 Å². The molecule has 2 aliphatic rings. The molecule has 0 aromatic heterocycles. The molecule has 19 heavy (non-hydrogen) atoms. The zero-order chi connectivity index (χ0) is 13.1. The maximum atomic E-state index is 5.63. The molecule has 4 nitrogen and oxygen atoms in total. The highest BCUT2D eigenvalue weighted by Crippen LogP contribution is 2.38. The predicted octanol–water partition coefficient (Wildman–Crippen LogP) is 2.49. The molecule has 2 heterocycles. The van der Waals surface area contributed by atoms with Crippen molar-refractivity contribution in [1.29, 1.82) is 0 Å². The Balaban J connectivity index is 1.65. The zero-order valence-electron chi connectivity index (χ0n) is 10.8. The Bertz CT molecular complexity index is 447. The standard InChI is InChI=1S/C14H18BrNO3/c15-12-6-10(7-13-14(12)19-5-4-18-13)8-16-11-2-1-3-17-9-11/h6-7,11,16H,1-5,8-9H2. The summed E-state index contributed by atoms with van der Waals surface area (Å²) in [6.07, 6.45) is 2.33. The second-order valence-electron chi connectivity index (χ2n) is 4.90. The summed E-state index contributed by atoms with van der Waals surface area (Å²) in [5.74, 6) is 1.65. The van der Waals surface area contributed by atoms with Crippen molar-refractivity contribution in [2.24, 2.45) is 0 Å². The van der Waals surface area contributed by atoms with Crippen LogP contribution in [-0.4, -0.2) is 32.5 Å². The van der Waals surface area contributed by atoms with E-state index < -0.39 is 0 Å². The molecule has 0 saturated carbocycles. The Morgan fingerprint density at radius 2 is 2.11 bits per heavy atom. The molecule has 104 valence electrons. The van der Waals surface area contributed by atoms with E-state index in [0.29, 0.717) is 19.3 Å². The molecule has 5 heteroatoms. The van der Waals surface area contributed by atoms with Gasteiger partial charge in [-0.05, 0) is 46.5 Å². The van der Waals surface area contributed by atoms with Crippen molar-refractivity contribution >= 4 is 15.9 Å². The molecule has 1 fully saturated rings. The van der Waals surface area contributed by atoms with E-state index in [9.17, 15) is 0 Å². The van der Waals surface area contributed by atoms with Gasteiger partial charge in [-0.1, -0.05) is 0 Å². The van der Waals surface area contributed by atoms with Gasteiger partial charge in [0.05, 0.1) is 11.1 Å². The Hall–Kier alpha value is -0.780. The minimum Gasteiger partial charge on any atom is -0.486 e. The summed E-state index contributed by atoms with van der Waals surface area (Å²) in [4.78, 5) is 0. The number of nitrogens with one attached hydrogen (secondary N) is 1. The van der Waals surface area contributed by atoms with Crippen LogP contribution in [-0.2, 0) is 11.3 Å². The average molecular weight is 328 g/mol. The summed E-state index contributed by atoms with van der Waals surface area (Å²) in [7, 11) is 0. The van der Waals surface area contributed by atoms with Gasteiger partial charge >= 0.3 is 0 Å². The Morgan fingerprint density at radius 1 is 1.21 bits per heavy atom. The lowest BCUT2D eigenvalue weighted by Gasteiger charge is -2.24. The second-order valence-corrected chi connectivity index (χ2v) is 5.75. The molecule has 0 spiro atoms. The molecule has 0 aliphatic carbocycles. The normalized spacial score (nSPS) is 22.3. The molecule has 0 amide bonds. The van der Waals surface area contributed by atoms with Crippen LogP contribution >= 0.6 is 15.9 Å². The molecule has 2 aliphatic heterocycles. The molecule has 3 rings (SSSR count). The quantitative estimate of drug-likeness (QED) is 0.925. The van der Waals surface area contributed by atoms with E-state index in [1.54, 1.807) is 0 Å². The molecule has 0 radical (unpaired) electrons. The molecule has 1 aromatic rings. The molecule has 1 atom stereocenters. The third kappa shape index (κ3) is 3.22. The van der Waals surface area contributed by atoms with Gasteiger partial charge in [-0.15, -0.1) is 0 Å². The van der Waals surface area contributed by atoms with E-state index in [1.165, 1.54) is 12.0 Å². The van der Waals surface area contributed by atoms with Gasteiger partial charge in [0, 0.05) is 19.2 Å². The van der Waals surface area contributed by atoms with Crippen LogP contribution in [0.4, 0.5) is 0 Å². The van der Waals surface area contributed by atoms with Gasteiger partial charge in [0.25, 0.3) is 0 Å². The largest absolute Gasteiger partial charge is 0.486 e. The van der Waals surface area contributed by atoms with Gasteiger partial charge in [0.15, 0.2) is 11.5 Å². The Kier molecular flexibility index (Phi) is 4.25. The van der Waals surface area contributed by atoms with Crippen molar-refractivity contribution < 1.29 is 14.2 Å². The van der Waals surface area contributed by atoms with Gasteiger partial charge in [-0.3, -0.25) is 0 Å². The van der Waals surface area contributed by atoms with Crippen molar-refractivity contribution in [2.45, 2.75) is 25.4 Å². The Morgan fingerprint density at radius 3 is 2.95 bits per heavy atom. The van der Waals surface area contributed by atoms with Crippen molar-refractivity contribution in [1.82, 2.24) is 5.32 Å². The van der Waals surface area contributed by atoms with E-state index in [2.05, 4.69) is 33.4 Å². The first-order chi connectivity index (χ1) is 9.33. The van der Waals surface area contributed by atoms with Crippen molar-refractivity contribution in [3.8, 4) is 11.5 Å². The first-order valence-corrected chi connectivity index (χ1v) is 7.51. The first-order valence-electron chi connectivity index (χ1n) is 6.72. The number of hydrogen-bond donors (Lipinski definition) is 1. The molecule has 0 bridgehead atoms. The summed E-state index contributed by atoms with van der Waals surface area (Å²) in [5.41, 5.74) is 1.20. The van der Waals surface area contributed by atoms with Crippen LogP contribution < -0.4 is 14.8 Å². The number of ether oxygens (including phenoxy) is 3. The minimum atomic E-state index is 0.459. The highest BCUT2D eigenvalue weighted by Gasteiger charge is 2.17. The summed E-state index contributed by atoms with van der Waals surface area (Å²) in [6, 6.07) is 4.60. The number of fused-ring (bicyclic) bond motifs is 1. The molecule has 1 unspecified atom stereocenters. The summed E-state index contributed by atoms with van der Waals surface area (Å²) in [5, 5.41) is 3.53. The van der Waals surface area contributed by atoms with Crippen molar-refractivity contribution in [2.75, 3.05) is 26.4 Å². The number of hydrogen-bond acceptors (Lipinski definition) is 4. The fourth-order valence-electron chi connectivity index (χ4n) is 2.43. The van der Waals surface area contributed by atoms with Crippen LogP contribution in [0.3, 0.4) is 0 Å². The van der Waals surface area contributed by atoms with Crippen LogP contribution in [0.1, 0.15) is 18.4 Å². The molecule has 1 N–H and O–H groups in total. The van der Waals surface area contributed by atoms with E-state index >= 15 is 0 Å². The fraction of sp³-hybridized carbons (Fsp3) is 0.571. The summed E-state index contributed by atoms with van der Waals surface area (Å²) >= 11 is 3.54. The van der Waals surface area contributed by atoms with Gasteiger partial charge < -0.3 is 19.5 Å². The highest BCUT2D eigenvalue weighted by atomic mass is 79.9. The lowest BCUT2D eigenvalue weighted by Crippen LogP contribution is -2.36. The summed E-state index contributed by atoms with van der Waals surface area (Å²) in [6.45, 7) is 3.76. The van der Waals surface area contributed by atoms with Crippen LogP contribution in [0, 0.1) is 0 Å². The topological polar surface area (TPSA) is 39.7 Å². The lowest BCUT2D eigenvalue weighted by molar-refractivity contribution is 0.0699. The van der Waals surface area contributed by atoms with Gasteiger partial charge in [0.2, 0.25) is 0 Å².